The van der Waals surface area contributed by atoms with Crippen molar-refractivity contribution in [3.05, 3.63) is 24.0 Å². The highest BCUT2D eigenvalue weighted by molar-refractivity contribution is 5.81. The highest BCUT2D eigenvalue weighted by atomic mass is 16.5. The molecule has 3 heteroatoms. The molecule has 1 saturated carbocycles. The van der Waals surface area contributed by atoms with Crippen LogP contribution in [0.5, 0.6) is 5.75 Å². The fourth-order valence-corrected chi connectivity index (χ4v) is 1.97. The molecule has 14 heavy (non-hydrogen) atoms. The molecule has 2 rings (SSSR count). The van der Waals surface area contributed by atoms with Gasteiger partial charge in [0.25, 0.3) is 0 Å². The van der Waals surface area contributed by atoms with Gasteiger partial charge in [-0.1, -0.05) is 0 Å². The van der Waals surface area contributed by atoms with E-state index in [0.29, 0.717) is 24.5 Å². The lowest BCUT2D eigenvalue weighted by Gasteiger charge is -2.12. The molecule has 1 aromatic rings. The summed E-state index contributed by atoms with van der Waals surface area (Å²) in [6, 6.07) is 1.85. The van der Waals surface area contributed by atoms with Gasteiger partial charge in [-0.2, -0.15) is 0 Å². The van der Waals surface area contributed by atoms with Gasteiger partial charge in [0.1, 0.15) is 11.5 Å². The molecular weight excluding hydrogens is 178 g/mol. The molecule has 0 saturated heterocycles. The van der Waals surface area contributed by atoms with E-state index in [2.05, 4.69) is 4.98 Å². The van der Waals surface area contributed by atoms with Gasteiger partial charge in [0.2, 0.25) is 0 Å². The van der Waals surface area contributed by atoms with Crippen molar-refractivity contribution in [3.63, 3.8) is 0 Å². The zero-order valence-electron chi connectivity index (χ0n) is 8.19. The van der Waals surface area contributed by atoms with E-state index in [0.717, 1.165) is 17.7 Å². The van der Waals surface area contributed by atoms with Gasteiger partial charge in [0.05, 0.1) is 7.11 Å². The van der Waals surface area contributed by atoms with Crippen molar-refractivity contribution in [1.29, 1.82) is 0 Å². The molecular formula is C11H13NO2. The van der Waals surface area contributed by atoms with Gasteiger partial charge < -0.3 is 4.74 Å². The third kappa shape index (κ3) is 1.62. The van der Waals surface area contributed by atoms with Crippen LogP contribution < -0.4 is 4.74 Å². The zero-order valence-corrected chi connectivity index (χ0v) is 8.19. The van der Waals surface area contributed by atoms with Crippen LogP contribution in [0.1, 0.15) is 30.7 Å². The minimum atomic E-state index is 0.311. The monoisotopic (exact) mass is 191 g/mol. The molecule has 1 atom stereocenters. The molecule has 0 N–H and O–H groups in total. The second-order valence-corrected chi connectivity index (χ2v) is 3.60. The van der Waals surface area contributed by atoms with Crippen molar-refractivity contribution in [2.75, 3.05) is 7.11 Å². The maximum Gasteiger partial charge on any atom is 0.133 e. The van der Waals surface area contributed by atoms with Gasteiger partial charge in [0.15, 0.2) is 0 Å². The van der Waals surface area contributed by atoms with Gasteiger partial charge in [-0.3, -0.25) is 9.78 Å². The number of ether oxygens (including phenoxy) is 1. The van der Waals surface area contributed by atoms with Gasteiger partial charge in [0, 0.05) is 30.8 Å². The van der Waals surface area contributed by atoms with Crippen LogP contribution in [0.4, 0.5) is 0 Å². The van der Waals surface area contributed by atoms with Crippen LogP contribution in [0.25, 0.3) is 0 Å². The molecule has 1 unspecified atom stereocenters. The van der Waals surface area contributed by atoms with Gasteiger partial charge in [-0.15, -0.1) is 0 Å². The molecule has 1 aliphatic rings. The second-order valence-electron chi connectivity index (χ2n) is 3.60. The highest BCUT2D eigenvalue weighted by Gasteiger charge is 2.25. The Morgan fingerprint density at radius 2 is 2.43 bits per heavy atom. The van der Waals surface area contributed by atoms with Crippen LogP contribution in [0.3, 0.4) is 0 Å². The first-order chi connectivity index (χ1) is 6.81. The summed E-state index contributed by atoms with van der Waals surface area (Å²) in [5.74, 6) is 1.51. The summed E-state index contributed by atoms with van der Waals surface area (Å²) < 4.78 is 5.24. The SMILES string of the molecule is COc1ccncc1C1CCC(=O)C1. The number of methoxy groups -OCH3 is 1. The maximum atomic E-state index is 11.2. The Kier molecular flexibility index (Phi) is 2.48. The number of Topliss-reactive ketones (excluding diaryl/α,β-unsaturated/α-hetero) is 1. The second kappa shape index (κ2) is 3.78. The van der Waals surface area contributed by atoms with E-state index in [9.17, 15) is 4.79 Å². The lowest BCUT2D eigenvalue weighted by atomic mass is 9.99. The fraction of sp³-hybridized carbons (Fsp3) is 0.455. The van der Waals surface area contributed by atoms with Crippen LogP contribution in [0.2, 0.25) is 0 Å². The minimum Gasteiger partial charge on any atom is -0.496 e. The molecule has 0 bridgehead atoms. The number of hydrogen-bond donors (Lipinski definition) is 0. The highest BCUT2D eigenvalue weighted by Crippen LogP contribution is 2.36. The number of carbonyl (C=O) groups is 1. The number of carbonyl (C=O) groups excluding carboxylic acids is 1. The van der Waals surface area contributed by atoms with Crippen molar-refractivity contribution < 1.29 is 9.53 Å². The van der Waals surface area contributed by atoms with E-state index in [1.54, 1.807) is 13.3 Å². The molecule has 0 spiro atoms. The Balaban J connectivity index is 2.27. The van der Waals surface area contributed by atoms with Crippen LogP contribution in [0, 0.1) is 0 Å². The Labute approximate surface area is 83.1 Å². The first kappa shape index (κ1) is 9.19. The summed E-state index contributed by atoms with van der Waals surface area (Å²) in [4.78, 5) is 15.2. The van der Waals surface area contributed by atoms with Gasteiger partial charge >= 0.3 is 0 Å². The normalized spacial score (nSPS) is 21.2. The summed E-state index contributed by atoms with van der Waals surface area (Å²) in [6.45, 7) is 0. The van der Waals surface area contributed by atoms with E-state index < -0.39 is 0 Å². The smallest absolute Gasteiger partial charge is 0.133 e. The third-order valence-corrected chi connectivity index (χ3v) is 2.72. The van der Waals surface area contributed by atoms with Crippen LogP contribution >= 0.6 is 0 Å². The zero-order chi connectivity index (χ0) is 9.97. The first-order valence-electron chi connectivity index (χ1n) is 4.81. The number of nitrogens with zero attached hydrogens (tertiary/aromatic N) is 1. The minimum absolute atomic E-state index is 0.311. The fourth-order valence-electron chi connectivity index (χ4n) is 1.97. The lowest BCUT2D eigenvalue weighted by Crippen LogP contribution is -1.98. The largest absolute Gasteiger partial charge is 0.496 e. The average Bonchev–Trinajstić information content (AvgIpc) is 2.65. The molecule has 1 fully saturated rings. The Morgan fingerprint density at radius 1 is 1.57 bits per heavy atom. The topological polar surface area (TPSA) is 39.2 Å². The van der Waals surface area contributed by atoms with Crippen molar-refractivity contribution in [2.45, 2.75) is 25.2 Å². The van der Waals surface area contributed by atoms with E-state index >= 15 is 0 Å². The van der Waals surface area contributed by atoms with E-state index in [1.807, 2.05) is 12.3 Å². The molecule has 0 aromatic carbocycles. The quantitative estimate of drug-likeness (QED) is 0.717. The number of hydrogen-bond acceptors (Lipinski definition) is 3. The van der Waals surface area contributed by atoms with E-state index in [-0.39, 0.29) is 0 Å². The molecule has 3 nitrogen and oxygen atoms in total. The van der Waals surface area contributed by atoms with Crippen molar-refractivity contribution >= 4 is 5.78 Å². The average molecular weight is 191 g/mol. The molecule has 74 valence electrons. The van der Waals surface area contributed by atoms with Crippen LogP contribution in [-0.4, -0.2) is 17.9 Å². The molecule has 1 aromatic heterocycles. The van der Waals surface area contributed by atoms with Crippen molar-refractivity contribution in [1.82, 2.24) is 4.98 Å². The van der Waals surface area contributed by atoms with Crippen LogP contribution in [0.15, 0.2) is 18.5 Å². The summed E-state index contributed by atoms with van der Waals surface area (Å²) in [6.07, 6.45) is 5.78. The molecule has 0 amide bonds. The lowest BCUT2D eigenvalue weighted by molar-refractivity contribution is -0.117. The summed E-state index contributed by atoms with van der Waals surface area (Å²) in [7, 11) is 1.65. The summed E-state index contributed by atoms with van der Waals surface area (Å²) >= 11 is 0. The first-order valence-corrected chi connectivity index (χ1v) is 4.81. The predicted molar refractivity (Wildman–Crippen MR) is 52.4 cm³/mol. The van der Waals surface area contributed by atoms with Crippen molar-refractivity contribution in [2.24, 2.45) is 0 Å². The Morgan fingerprint density at radius 3 is 3.07 bits per heavy atom. The van der Waals surface area contributed by atoms with Crippen LogP contribution in [-0.2, 0) is 4.79 Å². The molecule has 0 aliphatic heterocycles. The summed E-state index contributed by atoms with van der Waals surface area (Å²) in [5, 5.41) is 0. The van der Waals surface area contributed by atoms with E-state index in [4.69, 9.17) is 4.74 Å². The third-order valence-electron chi connectivity index (χ3n) is 2.72. The summed E-state index contributed by atoms with van der Waals surface area (Å²) in [5.41, 5.74) is 1.07. The van der Waals surface area contributed by atoms with Crippen molar-refractivity contribution in [3.8, 4) is 5.75 Å². The number of rotatable bonds is 2. The molecule has 1 aliphatic carbocycles. The van der Waals surface area contributed by atoms with Gasteiger partial charge in [-0.05, 0) is 18.4 Å². The van der Waals surface area contributed by atoms with E-state index in [1.165, 1.54) is 0 Å². The van der Waals surface area contributed by atoms with Gasteiger partial charge in [-0.25, -0.2) is 0 Å². The Bertz CT molecular complexity index is 349. The number of ketones is 1. The Hall–Kier alpha value is -1.38. The standard InChI is InChI=1S/C11H13NO2/c1-14-11-4-5-12-7-10(11)8-2-3-9(13)6-8/h4-5,7-8H,2-3,6H2,1H3. The maximum absolute atomic E-state index is 11.2. The molecule has 1 heterocycles. The number of pyridine rings is 1. The predicted octanol–water partition coefficient (Wildman–Crippen LogP) is 1.93. The molecule has 0 radical (unpaired) electrons. The number of aromatic nitrogens is 1.